The van der Waals surface area contributed by atoms with Gasteiger partial charge in [0.2, 0.25) is 0 Å². The Morgan fingerprint density at radius 2 is 2.22 bits per heavy atom. The molecule has 0 atom stereocenters. The summed E-state index contributed by atoms with van der Waals surface area (Å²) in [4.78, 5) is 0. The highest BCUT2D eigenvalue weighted by Gasteiger charge is 2.10. The van der Waals surface area contributed by atoms with Crippen molar-refractivity contribution in [2.75, 3.05) is 5.32 Å². The maximum absolute atomic E-state index is 7.80. The summed E-state index contributed by atoms with van der Waals surface area (Å²) in [5.74, 6) is 0. The number of benzene rings is 1. The van der Waals surface area contributed by atoms with Gasteiger partial charge < -0.3 is 15.1 Å². The van der Waals surface area contributed by atoms with Crippen LogP contribution in [0.4, 0.5) is 5.69 Å². The van der Waals surface area contributed by atoms with Gasteiger partial charge in [-0.3, -0.25) is 0 Å². The number of anilines is 1. The first kappa shape index (κ1) is 12.7. The van der Waals surface area contributed by atoms with Crippen molar-refractivity contribution in [3.8, 4) is 0 Å². The number of furan rings is 1. The van der Waals surface area contributed by atoms with E-state index in [9.17, 15) is 0 Å². The molecular weight excluding hydrogens is 248 g/mol. The van der Waals surface area contributed by atoms with Gasteiger partial charge in [0.15, 0.2) is 0 Å². The van der Waals surface area contributed by atoms with Gasteiger partial charge in [-0.15, -0.1) is 0 Å². The predicted molar refractivity (Wildman–Crippen MR) is 74.7 cm³/mol. The van der Waals surface area contributed by atoms with E-state index in [4.69, 9.17) is 21.4 Å². The summed E-state index contributed by atoms with van der Waals surface area (Å²) in [7, 11) is 0. The van der Waals surface area contributed by atoms with Gasteiger partial charge in [-0.25, -0.2) is 0 Å². The second kappa shape index (κ2) is 5.27. The van der Waals surface area contributed by atoms with Crippen LogP contribution in [0.1, 0.15) is 23.6 Å². The molecule has 0 aliphatic carbocycles. The lowest BCUT2D eigenvalue weighted by Crippen LogP contribution is -2.05. The summed E-state index contributed by atoms with van der Waals surface area (Å²) in [6, 6.07) is 5.78. The molecule has 1 aromatic carbocycles. The normalized spacial score (nSPS) is 10.4. The first-order chi connectivity index (χ1) is 8.58. The fraction of sp³-hybridized carbons (Fsp3) is 0.214. The van der Waals surface area contributed by atoms with Crippen molar-refractivity contribution >= 4 is 23.0 Å². The molecule has 0 amide bonds. The highest BCUT2D eigenvalue weighted by atomic mass is 35.5. The van der Waals surface area contributed by atoms with E-state index in [-0.39, 0.29) is 0 Å². The van der Waals surface area contributed by atoms with Crippen LogP contribution >= 0.6 is 11.6 Å². The summed E-state index contributed by atoms with van der Waals surface area (Å²) in [5.41, 5.74) is 4.22. The fourth-order valence-corrected chi connectivity index (χ4v) is 2.27. The number of nitrogens with one attached hydrogen (secondary N) is 2. The predicted octanol–water partition coefficient (Wildman–Crippen LogP) is 4.24. The molecule has 0 aliphatic heterocycles. The molecule has 2 rings (SSSR count). The zero-order chi connectivity index (χ0) is 13.1. The Hall–Kier alpha value is -1.74. The Morgan fingerprint density at radius 1 is 1.44 bits per heavy atom. The van der Waals surface area contributed by atoms with Gasteiger partial charge in [-0.1, -0.05) is 11.6 Å². The van der Waals surface area contributed by atoms with Gasteiger partial charge in [0, 0.05) is 29.1 Å². The molecule has 2 aromatic rings. The van der Waals surface area contributed by atoms with Gasteiger partial charge in [0.05, 0.1) is 17.5 Å². The Bertz CT molecular complexity index is 561. The van der Waals surface area contributed by atoms with Crippen LogP contribution in [0.5, 0.6) is 0 Å². The monoisotopic (exact) mass is 262 g/mol. The summed E-state index contributed by atoms with van der Waals surface area (Å²) >= 11 is 6.19. The minimum atomic E-state index is 0.453. The lowest BCUT2D eigenvalue weighted by atomic mass is 10.1. The minimum Gasteiger partial charge on any atom is -0.472 e. The lowest BCUT2D eigenvalue weighted by molar-refractivity contribution is 0.564. The lowest BCUT2D eigenvalue weighted by Gasteiger charge is -2.13. The van der Waals surface area contributed by atoms with Gasteiger partial charge in [0.1, 0.15) is 0 Å². The molecule has 0 unspecified atom stereocenters. The van der Waals surface area contributed by atoms with Gasteiger partial charge >= 0.3 is 0 Å². The molecule has 1 heterocycles. The van der Waals surface area contributed by atoms with Crippen LogP contribution in [-0.4, -0.2) is 5.71 Å². The number of aryl methyl sites for hydroxylation is 1. The molecule has 4 heteroatoms. The molecule has 2 N–H and O–H groups in total. The molecule has 0 bridgehead atoms. The van der Waals surface area contributed by atoms with Crippen LogP contribution in [0.2, 0.25) is 5.02 Å². The first-order valence-corrected chi connectivity index (χ1v) is 6.06. The van der Waals surface area contributed by atoms with E-state index in [1.807, 2.05) is 25.1 Å². The third-order valence-corrected chi connectivity index (χ3v) is 2.97. The Balaban J connectivity index is 2.28. The van der Waals surface area contributed by atoms with Crippen molar-refractivity contribution in [3.63, 3.8) is 0 Å². The highest BCUT2D eigenvalue weighted by Crippen LogP contribution is 2.27. The van der Waals surface area contributed by atoms with Crippen molar-refractivity contribution in [1.29, 1.82) is 5.41 Å². The van der Waals surface area contributed by atoms with Crippen LogP contribution < -0.4 is 5.32 Å². The second-order valence-corrected chi connectivity index (χ2v) is 4.69. The van der Waals surface area contributed by atoms with Crippen molar-refractivity contribution in [1.82, 2.24) is 0 Å². The number of halogens is 1. The van der Waals surface area contributed by atoms with E-state index < -0.39 is 0 Å². The minimum absolute atomic E-state index is 0.453. The number of rotatable bonds is 4. The quantitative estimate of drug-likeness (QED) is 0.810. The molecule has 0 radical (unpaired) electrons. The average Bonchev–Trinajstić information content (AvgIpc) is 2.77. The van der Waals surface area contributed by atoms with E-state index in [1.54, 1.807) is 19.5 Å². The van der Waals surface area contributed by atoms with Crippen LogP contribution in [-0.2, 0) is 6.54 Å². The van der Waals surface area contributed by atoms with E-state index in [2.05, 4.69) is 5.32 Å². The Morgan fingerprint density at radius 3 is 2.83 bits per heavy atom. The van der Waals surface area contributed by atoms with Gasteiger partial charge in [0.25, 0.3) is 0 Å². The summed E-state index contributed by atoms with van der Waals surface area (Å²) in [5, 5.41) is 11.7. The van der Waals surface area contributed by atoms with E-state index in [0.29, 0.717) is 17.3 Å². The third kappa shape index (κ3) is 2.74. The summed E-state index contributed by atoms with van der Waals surface area (Å²) in [6.45, 7) is 4.37. The highest BCUT2D eigenvalue weighted by molar-refractivity contribution is 6.34. The average molecular weight is 263 g/mol. The molecule has 3 nitrogen and oxygen atoms in total. The van der Waals surface area contributed by atoms with E-state index in [0.717, 1.165) is 22.4 Å². The molecule has 94 valence electrons. The zero-order valence-corrected chi connectivity index (χ0v) is 11.1. The van der Waals surface area contributed by atoms with Gasteiger partial charge in [-0.2, -0.15) is 0 Å². The van der Waals surface area contributed by atoms with Crippen molar-refractivity contribution in [3.05, 3.63) is 52.4 Å². The molecule has 18 heavy (non-hydrogen) atoms. The smallest absolute Gasteiger partial charge is 0.0952 e. The zero-order valence-electron chi connectivity index (χ0n) is 10.4. The van der Waals surface area contributed by atoms with Crippen molar-refractivity contribution in [2.45, 2.75) is 20.4 Å². The Labute approximate surface area is 111 Å². The maximum atomic E-state index is 7.80. The first-order valence-electron chi connectivity index (χ1n) is 5.68. The maximum Gasteiger partial charge on any atom is 0.0952 e. The fourth-order valence-electron chi connectivity index (χ4n) is 1.85. The van der Waals surface area contributed by atoms with Crippen molar-refractivity contribution in [2.24, 2.45) is 0 Å². The van der Waals surface area contributed by atoms with Crippen molar-refractivity contribution < 1.29 is 4.42 Å². The van der Waals surface area contributed by atoms with E-state index in [1.165, 1.54) is 0 Å². The number of hydrogen-bond acceptors (Lipinski definition) is 3. The summed E-state index contributed by atoms with van der Waals surface area (Å²) in [6.07, 6.45) is 3.34. The van der Waals surface area contributed by atoms with Crippen LogP contribution in [0.15, 0.2) is 35.1 Å². The second-order valence-electron chi connectivity index (χ2n) is 4.28. The molecule has 0 saturated heterocycles. The van der Waals surface area contributed by atoms with Crippen LogP contribution in [0.25, 0.3) is 0 Å². The molecule has 1 aromatic heterocycles. The third-order valence-electron chi connectivity index (χ3n) is 2.67. The topological polar surface area (TPSA) is 49.0 Å². The standard InChI is InChI=1S/C14H15ClN2O/c1-9-5-12(15)14(10(2)16)13(6-9)17-7-11-3-4-18-8-11/h3-6,8,16-17H,7H2,1-2H3. The largest absolute Gasteiger partial charge is 0.472 e. The molecule has 0 spiro atoms. The van der Waals surface area contributed by atoms with Crippen LogP contribution in [0, 0.1) is 12.3 Å². The SMILES string of the molecule is CC(=N)c1c(Cl)cc(C)cc1NCc1ccoc1. The molecular formula is C14H15ClN2O. The Kier molecular flexibility index (Phi) is 3.72. The van der Waals surface area contributed by atoms with Crippen LogP contribution in [0.3, 0.4) is 0 Å². The van der Waals surface area contributed by atoms with Gasteiger partial charge in [-0.05, 0) is 37.6 Å². The van der Waals surface area contributed by atoms with E-state index >= 15 is 0 Å². The molecule has 0 aliphatic rings. The number of hydrogen-bond donors (Lipinski definition) is 2. The molecule has 0 fully saturated rings. The summed E-state index contributed by atoms with van der Waals surface area (Å²) < 4.78 is 5.02. The molecule has 0 saturated carbocycles.